The molecule has 6 nitrogen and oxygen atoms in total. The Balaban J connectivity index is 2.74. The second kappa shape index (κ2) is 7.36. The van der Waals surface area contributed by atoms with E-state index in [0.29, 0.717) is 6.54 Å². The number of nitrogens with zero attached hydrogens (tertiary/aromatic N) is 1. The number of anilines is 1. The van der Waals surface area contributed by atoms with Crippen LogP contribution in [0.3, 0.4) is 0 Å². The molecule has 0 saturated carbocycles. The van der Waals surface area contributed by atoms with Gasteiger partial charge in [0.15, 0.2) is 11.7 Å². The predicted molar refractivity (Wildman–Crippen MR) is 71.9 cm³/mol. The number of guanidine groups is 1. The third-order valence-electron chi connectivity index (χ3n) is 2.14. The number of nitrogens with one attached hydrogen (secondary N) is 2. The first-order valence-electron chi connectivity index (χ1n) is 6.00. The minimum Gasteiger partial charge on any atom is -0.404 e. The number of carbonyl (C=O) groups excluding carboxylic acids is 1. The molecule has 1 aromatic rings. The van der Waals surface area contributed by atoms with Crippen molar-refractivity contribution in [3.8, 4) is 5.75 Å². The van der Waals surface area contributed by atoms with Gasteiger partial charge in [-0.25, -0.2) is 4.99 Å². The Hall–Kier alpha value is -2.45. The van der Waals surface area contributed by atoms with Gasteiger partial charge in [0.1, 0.15) is 6.54 Å². The summed E-state index contributed by atoms with van der Waals surface area (Å²) in [4.78, 5) is 14.9. The Kier molecular flexibility index (Phi) is 5.82. The van der Waals surface area contributed by atoms with Gasteiger partial charge in [-0.1, -0.05) is 12.1 Å². The molecule has 0 aliphatic rings. The van der Waals surface area contributed by atoms with E-state index in [1.807, 2.05) is 0 Å². The average molecular weight is 304 g/mol. The molecular formula is C12H15F3N4O2. The zero-order chi connectivity index (χ0) is 15.9. The van der Waals surface area contributed by atoms with Gasteiger partial charge >= 0.3 is 6.36 Å². The number of likely N-dealkylation sites (N-methyl/N-ethyl adjacent to an activating group) is 1. The number of alkyl halides is 3. The monoisotopic (exact) mass is 304 g/mol. The van der Waals surface area contributed by atoms with Gasteiger partial charge in [-0.2, -0.15) is 0 Å². The van der Waals surface area contributed by atoms with E-state index in [2.05, 4.69) is 20.4 Å². The quantitative estimate of drug-likeness (QED) is 0.567. The molecule has 0 fully saturated rings. The van der Waals surface area contributed by atoms with Crippen LogP contribution < -0.4 is 21.1 Å². The number of halogens is 3. The Morgan fingerprint density at radius 1 is 1.38 bits per heavy atom. The lowest BCUT2D eigenvalue weighted by molar-refractivity contribution is -0.274. The van der Waals surface area contributed by atoms with Crippen LogP contribution in [0, 0.1) is 0 Å². The molecule has 4 N–H and O–H groups in total. The van der Waals surface area contributed by atoms with E-state index >= 15 is 0 Å². The van der Waals surface area contributed by atoms with Crippen molar-refractivity contribution < 1.29 is 22.7 Å². The average Bonchev–Trinajstić information content (AvgIpc) is 2.37. The minimum absolute atomic E-state index is 0.00743. The van der Waals surface area contributed by atoms with Crippen LogP contribution in [0.1, 0.15) is 6.92 Å². The fraction of sp³-hybridized carbons (Fsp3) is 0.333. The summed E-state index contributed by atoms with van der Waals surface area (Å²) < 4.78 is 40.5. The van der Waals surface area contributed by atoms with Gasteiger partial charge in [0.2, 0.25) is 5.91 Å². The summed E-state index contributed by atoms with van der Waals surface area (Å²) in [5.74, 6) is -0.984. The van der Waals surface area contributed by atoms with E-state index in [1.165, 1.54) is 18.2 Å². The van der Waals surface area contributed by atoms with Gasteiger partial charge < -0.3 is 21.1 Å². The first-order valence-corrected chi connectivity index (χ1v) is 6.00. The summed E-state index contributed by atoms with van der Waals surface area (Å²) in [6, 6.07) is 5.36. The van der Waals surface area contributed by atoms with Crippen LogP contribution in [0.25, 0.3) is 0 Å². The summed E-state index contributed by atoms with van der Waals surface area (Å²) in [7, 11) is 0. The lowest BCUT2D eigenvalue weighted by Gasteiger charge is -2.14. The number of carbonyl (C=O) groups is 1. The summed E-state index contributed by atoms with van der Waals surface area (Å²) in [6.07, 6.45) is -4.81. The third-order valence-corrected chi connectivity index (χ3v) is 2.14. The van der Waals surface area contributed by atoms with E-state index in [1.54, 1.807) is 6.92 Å². The predicted octanol–water partition coefficient (Wildman–Crippen LogP) is 1.45. The number of hydrogen-bond acceptors (Lipinski definition) is 3. The molecule has 0 heterocycles. The standard InChI is InChI=1S/C12H15F3N4O2/c1-2-17-10(20)7-18-11(16)19-8-5-3-4-6-9(8)21-12(13,14)15/h3-6H,2,7H2,1H3,(H,17,20)(H3,16,18,19). The minimum atomic E-state index is -4.81. The van der Waals surface area contributed by atoms with Gasteiger partial charge in [-0.15, -0.1) is 13.2 Å². The Bertz CT molecular complexity index is 517. The first-order chi connectivity index (χ1) is 9.81. The number of amides is 1. The largest absolute Gasteiger partial charge is 0.573 e. The molecule has 1 aromatic carbocycles. The molecule has 0 bridgehead atoms. The van der Waals surface area contributed by atoms with Gasteiger partial charge in [-0.05, 0) is 19.1 Å². The van der Waals surface area contributed by atoms with Crippen molar-refractivity contribution in [2.75, 3.05) is 18.4 Å². The van der Waals surface area contributed by atoms with Crippen LogP contribution in [-0.2, 0) is 4.79 Å². The highest BCUT2D eigenvalue weighted by atomic mass is 19.4. The van der Waals surface area contributed by atoms with Gasteiger partial charge in [-0.3, -0.25) is 4.79 Å². The molecule has 9 heteroatoms. The molecule has 116 valence electrons. The number of rotatable bonds is 5. The molecule has 1 rings (SSSR count). The molecule has 0 aromatic heterocycles. The maximum absolute atomic E-state index is 12.2. The van der Waals surface area contributed by atoms with Crippen LogP contribution >= 0.6 is 0 Å². The molecule has 0 aliphatic carbocycles. The number of aliphatic imine (C=N–C) groups is 1. The Morgan fingerprint density at radius 2 is 2.05 bits per heavy atom. The highest BCUT2D eigenvalue weighted by Crippen LogP contribution is 2.29. The Morgan fingerprint density at radius 3 is 2.67 bits per heavy atom. The Labute approximate surface area is 119 Å². The van der Waals surface area contributed by atoms with E-state index in [0.717, 1.165) is 6.07 Å². The number of hydrogen-bond donors (Lipinski definition) is 3. The molecule has 0 saturated heterocycles. The van der Waals surface area contributed by atoms with Crippen molar-refractivity contribution in [1.29, 1.82) is 0 Å². The molecular weight excluding hydrogens is 289 g/mol. The molecule has 0 atom stereocenters. The molecule has 0 aliphatic heterocycles. The van der Waals surface area contributed by atoms with Crippen molar-refractivity contribution in [3.63, 3.8) is 0 Å². The van der Waals surface area contributed by atoms with Crippen LogP contribution in [0.15, 0.2) is 29.3 Å². The fourth-order valence-corrected chi connectivity index (χ4v) is 1.37. The maximum atomic E-state index is 12.2. The lowest BCUT2D eigenvalue weighted by Crippen LogP contribution is -2.29. The van der Waals surface area contributed by atoms with Crippen molar-refractivity contribution in [3.05, 3.63) is 24.3 Å². The third kappa shape index (κ3) is 6.50. The smallest absolute Gasteiger partial charge is 0.404 e. The van der Waals surface area contributed by atoms with Crippen molar-refractivity contribution in [2.45, 2.75) is 13.3 Å². The SMILES string of the molecule is CCNC(=O)CN=C(N)Nc1ccccc1OC(F)(F)F. The maximum Gasteiger partial charge on any atom is 0.573 e. The van der Waals surface area contributed by atoms with Crippen LogP contribution in [0.2, 0.25) is 0 Å². The summed E-state index contributed by atoms with van der Waals surface area (Å²) in [5, 5.41) is 4.96. The van der Waals surface area contributed by atoms with Crippen molar-refractivity contribution in [1.82, 2.24) is 5.32 Å². The van der Waals surface area contributed by atoms with E-state index in [4.69, 9.17) is 5.73 Å². The van der Waals surface area contributed by atoms with E-state index in [9.17, 15) is 18.0 Å². The zero-order valence-electron chi connectivity index (χ0n) is 11.2. The van der Waals surface area contributed by atoms with E-state index < -0.39 is 12.1 Å². The van der Waals surface area contributed by atoms with Crippen LogP contribution in [0.5, 0.6) is 5.75 Å². The summed E-state index contributed by atoms with van der Waals surface area (Å²) in [5.41, 5.74) is 5.50. The number of para-hydroxylation sites is 2. The second-order valence-corrected chi connectivity index (χ2v) is 3.82. The van der Waals surface area contributed by atoms with Crippen LogP contribution in [0.4, 0.5) is 18.9 Å². The normalized spacial score (nSPS) is 11.9. The highest BCUT2D eigenvalue weighted by Gasteiger charge is 2.32. The molecule has 0 unspecified atom stereocenters. The number of nitrogens with two attached hydrogens (primary N) is 1. The molecule has 1 amide bonds. The summed E-state index contributed by atoms with van der Waals surface area (Å²) in [6.45, 7) is 1.97. The first kappa shape index (κ1) is 16.6. The number of benzene rings is 1. The van der Waals surface area contributed by atoms with Crippen molar-refractivity contribution in [2.24, 2.45) is 10.7 Å². The molecule has 0 radical (unpaired) electrons. The highest BCUT2D eigenvalue weighted by molar-refractivity contribution is 5.95. The topological polar surface area (TPSA) is 88.7 Å². The van der Waals surface area contributed by atoms with Gasteiger partial charge in [0.25, 0.3) is 0 Å². The second-order valence-electron chi connectivity index (χ2n) is 3.82. The van der Waals surface area contributed by atoms with E-state index in [-0.39, 0.29) is 24.1 Å². The molecule has 0 spiro atoms. The zero-order valence-corrected chi connectivity index (χ0v) is 11.2. The summed E-state index contributed by atoms with van der Waals surface area (Å²) >= 11 is 0. The lowest BCUT2D eigenvalue weighted by atomic mass is 10.3. The van der Waals surface area contributed by atoms with Gasteiger partial charge in [0, 0.05) is 6.54 Å². The van der Waals surface area contributed by atoms with Crippen molar-refractivity contribution >= 4 is 17.6 Å². The number of ether oxygens (including phenoxy) is 1. The fourth-order valence-electron chi connectivity index (χ4n) is 1.37. The van der Waals surface area contributed by atoms with Crippen LogP contribution in [-0.4, -0.2) is 31.3 Å². The molecule has 21 heavy (non-hydrogen) atoms. The van der Waals surface area contributed by atoms with Gasteiger partial charge in [0.05, 0.1) is 5.69 Å².